The van der Waals surface area contributed by atoms with Crippen LogP contribution in [0.3, 0.4) is 0 Å². The summed E-state index contributed by atoms with van der Waals surface area (Å²) in [5.74, 6) is -0.151. The average Bonchev–Trinajstić information content (AvgIpc) is 2.48. The minimum absolute atomic E-state index is 0.0333. The molecule has 1 atom stereocenters. The normalized spacial score (nSPS) is 20.3. The maximum absolute atomic E-state index is 12.2. The van der Waals surface area contributed by atoms with E-state index in [-0.39, 0.29) is 23.3 Å². The second kappa shape index (κ2) is 5.41. The molecule has 0 aliphatic carbocycles. The zero-order chi connectivity index (χ0) is 15.7. The van der Waals surface area contributed by atoms with Crippen LogP contribution in [0.1, 0.15) is 12.5 Å². The number of aliphatic imine (C=N–C) groups is 3. The monoisotopic (exact) mass is 297 g/mol. The van der Waals surface area contributed by atoms with Gasteiger partial charge in [0.2, 0.25) is 11.6 Å². The Kier molecular flexibility index (Phi) is 3.43. The number of nitroso groups, excluding NO2 is 1. The maximum Gasteiger partial charge on any atom is 0.394 e. The van der Waals surface area contributed by atoms with Crippen LogP contribution < -0.4 is 11.1 Å². The second-order valence-corrected chi connectivity index (χ2v) is 4.69. The average molecular weight is 297 g/mol. The van der Waals surface area contributed by atoms with Crippen LogP contribution in [0.25, 0.3) is 5.70 Å². The molecule has 1 unspecified atom stereocenters. The molecule has 0 bridgehead atoms. The zero-order valence-electron chi connectivity index (χ0n) is 11.7. The molecular formula is C14H13N6O2+. The highest BCUT2D eigenvalue weighted by Gasteiger charge is 2.38. The highest BCUT2D eigenvalue weighted by Crippen LogP contribution is 2.21. The minimum atomic E-state index is -0.945. The molecule has 0 saturated heterocycles. The van der Waals surface area contributed by atoms with Gasteiger partial charge in [-0.05, 0) is 4.99 Å². The Morgan fingerprint density at radius 1 is 1.27 bits per heavy atom. The number of nitrogens with one attached hydrogen (secondary N) is 1. The van der Waals surface area contributed by atoms with E-state index in [1.165, 1.54) is 13.1 Å². The number of amides is 1. The van der Waals surface area contributed by atoms with Gasteiger partial charge in [-0.2, -0.15) is 0 Å². The van der Waals surface area contributed by atoms with Crippen molar-refractivity contribution in [1.82, 2.24) is 5.32 Å². The summed E-state index contributed by atoms with van der Waals surface area (Å²) in [6.45, 7) is 1.34. The third-order valence-corrected chi connectivity index (χ3v) is 3.00. The molecule has 110 valence electrons. The standard InChI is InChI=1S/C14H12N6O2/c1-8(21)16-12-11-13(19-14(15)18-12)20(22)7-10(17-11)9-5-3-2-4-6-9/h2-7,14H,15H2,1H3/p+1. The molecule has 2 aliphatic heterocycles. The van der Waals surface area contributed by atoms with Gasteiger partial charge in [-0.1, -0.05) is 35.2 Å². The van der Waals surface area contributed by atoms with Crippen LogP contribution in [-0.2, 0) is 4.79 Å². The summed E-state index contributed by atoms with van der Waals surface area (Å²) >= 11 is 0. The fraction of sp³-hybridized carbons (Fsp3) is 0.143. The lowest BCUT2D eigenvalue weighted by Crippen LogP contribution is -2.47. The summed E-state index contributed by atoms with van der Waals surface area (Å²) in [6, 6.07) is 9.21. The van der Waals surface area contributed by atoms with Crippen LogP contribution >= 0.6 is 0 Å². The fourth-order valence-electron chi connectivity index (χ4n) is 2.11. The number of rotatable bonds is 1. The van der Waals surface area contributed by atoms with E-state index in [1.54, 1.807) is 0 Å². The highest BCUT2D eigenvalue weighted by molar-refractivity contribution is 6.68. The minimum Gasteiger partial charge on any atom is -0.309 e. The molecule has 0 fully saturated rings. The number of carbonyl (C=O) groups is 1. The van der Waals surface area contributed by atoms with Crippen molar-refractivity contribution < 1.29 is 9.55 Å². The Labute approximate surface area is 125 Å². The molecule has 0 saturated carbocycles. The predicted molar refractivity (Wildman–Crippen MR) is 82.1 cm³/mol. The van der Waals surface area contributed by atoms with E-state index in [1.807, 2.05) is 30.3 Å². The van der Waals surface area contributed by atoms with Gasteiger partial charge in [-0.3, -0.25) is 10.5 Å². The summed E-state index contributed by atoms with van der Waals surface area (Å²) in [5.41, 5.74) is 7.08. The maximum atomic E-state index is 12.2. The molecule has 8 heteroatoms. The Bertz CT molecular complexity index is 776. The first-order chi connectivity index (χ1) is 10.5. The topological polar surface area (TPSA) is 112 Å². The van der Waals surface area contributed by atoms with Crippen molar-refractivity contribution in [3.05, 3.63) is 47.0 Å². The molecule has 0 radical (unpaired) electrons. The molecule has 8 nitrogen and oxygen atoms in total. The lowest BCUT2D eigenvalue weighted by atomic mass is 10.1. The number of hydrogen-bond donors (Lipinski definition) is 2. The Hall–Kier alpha value is -3.00. The van der Waals surface area contributed by atoms with E-state index >= 15 is 0 Å². The molecule has 0 spiro atoms. The van der Waals surface area contributed by atoms with Crippen molar-refractivity contribution in [2.24, 2.45) is 20.7 Å². The first-order valence-electron chi connectivity index (χ1n) is 6.56. The van der Waals surface area contributed by atoms with Gasteiger partial charge in [0.1, 0.15) is 5.70 Å². The van der Waals surface area contributed by atoms with E-state index in [9.17, 15) is 9.70 Å². The van der Waals surface area contributed by atoms with E-state index < -0.39 is 6.29 Å². The van der Waals surface area contributed by atoms with Crippen molar-refractivity contribution in [3.8, 4) is 0 Å². The third kappa shape index (κ3) is 2.59. The van der Waals surface area contributed by atoms with Gasteiger partial charge in [-0.25, -0.2) is 9.98 Å². The number of benzene rings is 1. The lowest BCUT2D eigenvalue weighted by molar-refractivity contribution is -0.345. The Morgan fingerprint density at radius 2 is 2.00 bits per heavy atom. The fourth-order valence-corrected chi connectivity index (χ4v) is 2.11. The number of fused-ring (bicyclic) bond motifs is 1. The quantitative estimate of drug-likeness (QED) is 0.732. The highest BCUT2D eigenvalue weighted by atomic mass is 16.3. The molecule has 1 amide bonds. The Morgan fingerprint density at radius 3 is 2.68 bits per heavy atom. The van der Waals surface area contributed by atoms with Gasteiger partial charge in [0.25, 0.3) is 6.29 Å². The van der Waals surface area contributed by atoms with Crippen LogP contribution in [0.2, 0.25) is 0 Å². The first kappa shape index (κ1) is 14.0. The molecule has 2 aliphatic rings. The summed E-state index contributed by atoms with van der Waals surface area (Å²) in [6.07, 6.45) is 0.375. The molecule has 3 N–H and O–H groups in total. The van der Waals surface area contributed by atoms with Crippen molar-refractivity contribution in [2.75, 3.05) is 0 Å². The van der Waals surface area contributed by atoms with Crippen molar-refractivity contribution in [1.29, 1.82) is 0 Å². The first-order valence-corrected chi connectivity index (χ1v) is 6.56. The second-order valence-electron chi connectivity index (χ2n) is 4.69. The summed E-state index contributed by atoms with van der Waals surface area (Å²) in [4.78, 5) is 35.9. The largest absolute Gasteiger partial charge is 0.394 e. The van der Waals surface area contributed by atoms with Crippen LogP contribution in [0.15, 0.2) is 51.5 Å². The van der Waals surface area contributed by atoms with Crippen molar-refractivity contribution in [3.63, 3.8) is 0 Å². The predicted octanol–water partition coefficient (Wildman–Crippen LogP) is 0.408. The van der Waals surface area contributed by atoms with Crippen LogP contribution in [0, 0.1) is 4.91 Å². The zero-order valence-corrected chi connectivity index (χ0v) is 11.7. The van der Waals surface area contributed by atoms with Gasteiger partial charge in [0.05, 0.1) is 0 Å². The Balaban J connectivity index is 2.07. The smallest absolute Gasteiger partial charge is 0.309 e. The summed E-state index contributed by atoms with van der Waals surface area (Å²) in [7, 11) is 0. The molecular weight excluding hydrogens is 284 g/mol. The van der Waals surface area contributed by atoms with Crippen LogP contribution in [0.4, 0.5) is 0 Å². The van der Waals surface area contributed by atoms with Gasteiger partial charge in [-0.15, -0.1) is 0 Å². The van der Waals surface area contributed by atoms with E-state index in [0.29, 0.717) is 10.5 Å². The van der Waals surface area contributed by atoms with Gasteiger partial charge in [0.15, 0.2) is 12.0 Å². The van der Waals surface area contributed by atoms with E-state index in [0.717, 1.165) is 5.56 Å². The number of hydrogen-bond acceptors (Lipinski definition) is 6. The van der Waals surface area contributed by atoms with Gasteiger partial charge < -0.3 is 5.32 Å². The van der Waals surface area contributed by atoms with Crippen molar-refractivity contribution >= 4 is 29.0 Å². The molecule has 2 heterocycles. The summed E-state index contributed by atoms with van der Waals surface area (Å²) in [5, 5.41) is 2.53. The van der Waals surface area contributed by atoms with E-state index in [4.69, 9.17) is 5.73 Å². The van der Waals surface area contributed by atoms with Crippen LogP contribution in [-0.4, -0.2) is 34.3 Å². The van der Waals surface area contributed by atoms with Gasteiger partial charge in [0, 0.05) is 17.2 Å². The molecule has 1 aromatic rings. The third-order valence-electron chi connectivity index (χ3n) is 3.00. The molecule has 0 aromatic heterocycles. The molecule has 22 heavy (non-hydrogen) atoms. The number of nitrogens with zero attached hydrogens (tertiary/aromatic N) is 4. The number of nitrogens with two attached hydrogens (primary N) is 1. The van der Waals surface area contributed by atoms with Crippen LogP contribution in [0.5, 0.6) is 0 Å². The molecule has 3 rings (SSSR count). The lowest BCUT2D eigenvalue weighted by Gasteiger charge is -2.15. The summed E-state index contributed by atoms with van der Waals surface area (Å²) < 4.78 is 0.584. The van der Waals surface area contributed by atoms with Gasteiger partial charge >= 0.3 is 5.84 Å². The number of carbonyl (C=O) groups excluding carboxylic acids is 1. The number of amidine groups is 2. The SMILES string of the molecule is CC(=O)NC1=NC(N)N=C2C1=NC(c1ccccc1)=C[N+]2=O. The van der Waals surface area contributed by atoms with E-state index in [2.05, 4.69) is 20.3 Å². The van der Waals surface area contributed by atoms with Crippen molar-refractivity contribution in [2.45, 2.75) is 13.2 Å². The molecule has 1 aromatic carbocycles.